The number of nitrogens with one attached hydrogen (secondary N) is 1. The van der Waals surface area contributed by atoms with Crippen molar-refractivity contribution < 1.29 is 0 Å². The summed E-state index contributed by atoms with van der Waals surface area (Å²) in [4.78, 5) is 5.34. The minimum atomic E-state index is 0.337. The lowest BCUT2D eigenvalue weighted by Crippen LogP contribution is -2.34. The van der Waals surface area contributed by atoms with Crippen LogP contribution < -0.4 is 5.73 Å². The Morgan fingerprint density at radius 2 is 1.92 bits per heavy atom. The summed E-state index contributed by atoms with van der Waals surface area (Å²) in [5.74, 6) is 0.337. The van der Waals surface area contributed by atoms with Crippen molar-refractivity contribution in [2.75, 3.05) is 7.05 Å². The van der Waals surface area contributed by atoms with Crippen molar-refractivity contribution in [2.24, 2.45) is 10.7 Å². The second-order valence-corrected chi connectivity index (χ2v) is 2.67. The zero-order chi connectivity index (χ0) is 9.72. The number of allylic oxidation sites excluding steroid dienone is 2. The molecule has 12 heavy (non-hydrogen) atoms. The fourth-order valence-electron chi connectivity index (χ4n) is 0.683. The van der Waals surface area contributed by atoms with Crippen LogP contribution in [0.3, 0.4) is 0 Å². The topological polar surface area (TPSA) is 65.5 Å². The van der Waals surface area contributed by atoms with Gasteiger partial charge in [0.1, 0.15) is 0 Å². The molecule has 0 spiro atoms. The lowest BCUT2D eigenvalue weighted by Gasteiger charge is -2.19. The number of nitrogens with zero attached hydrogens (tertiary/aromatic N) is 2. The highest BCUT2D eigenvalue weighted by Gasteiger charge is 2.06. The third-order valence-corrected chi connectivity index (χ3v) is 1.69. The van der Waals surface area contributed by atoms with Gasteiger partial charge >= 0.3 is 0 Å². The minimum Gasteiger partial charge on any atom is -0.369 e. The Hall–Kier alpha value is -1.32. The van der Waals surface area contributed by atoms with E-state index in [1.807, 2.05) is 20.8 Å². The van der Waals surface area contributed by atoms with E-state index in [2.05, 4.69) is 4.99 Å². The van der Waals surface area contributed by atoms with Crippen LogP contribution in [0, 0.1) is 5.41 Å². The summed E-state index contributed by atoms with van der Waals surface area (Å²) in [6, 6.07) is 0. The lowest BCUT2D eigenvalue weighted by atomic mass is 10.2. The first-order valence-corrected chi connectivity index (χ1v) is 3.70. The molecule has 0 saturated carbocycles. The van der Waals surface area contributed by atoms with Crippen LogP contribution in [0.1, 0.15) is 20.8 Å². The summed E-state index contributed by atoms with van der Waals surface area (Å²) < 4.78 is 0. The molecule has 0 aromatic heterocycles. The first-order chi connectivity index (χ1) is 5.54. The number of nitrogens with two attached hydrogens (primary N) is 1. The third-order valence-electron chi connectivity index (χ3n) is 1.69. The van der Waals surface area contributed by atoms with Crippen LogP contribution in [0.2, 0.25) is 0 Å². The Bertz CT molecular complexity index is 223. The van der Waals surface area contributed by atoms with Gasteiger partial charge in [-0.2, -0.15) is 0 Å². The molecule has 0 aliphatic rings. The summed E-state index contributed by atoms with van der Waals surface area (Å²) in [5, 5.41) is 7.12. The van der Waals surface area contributed by atoms with E-state index in [1.54, 1.807) is 7.05 Å². The van der Waals surface area contributed by atoms with Gasteiger partial charge in [-0.25, -0.2) is 0 Å². The molecular weight excluding hydrogens is 152 g/mol. The molecule has 0 bridgehead atoms. The molecule has 0 aliphatic heterocycles. The Morgan fingerprint density at radius 3 is 2.17 bits per heavy atom. The normalized spacial score (nSPS) is 10.8. The first-order valence-electron chi connectivity index (χ1n) is 3.70. The van der Waals surface area contributed by atoms with Gasteiger partial charge in [0.2, 0.25) is 5.96 Å². The Kier molecular flexibility index (Phi) is 4.04. The molecule has 0 aromatic carbocycles. The van der Waals surface area contributed by atoms with Crippen LogP contribution in [0.15, 0.2) is 16.3 Å². The first kappa shape index (κ1) is 10.7. The van der Waals surface area contributed by atoms with Crippen LogP contribution in [0.4, 0.5) is 0 Å². The van der Waals surface area contributed by atoms with E-state index in [-0.39, 0.29) is 0 Å². The highest BCUT2D eigenvalue weighted by atomic mass is 15.3. The monoisotopic (exact) mass is 168 g/mol. The summed E-state index contributed by atoms with van der Waals surface area (Å²) in [6.45, 7) is 5.84. The van der Waals surface area contributed by atoms with Gasteiger partial charge in [-0.3, -0.25) is 15.3 Å². The van der Waals surface area contributed by atoms with Gasteiger partial charge in [0, 0.05) is 12.7 Å². The summed E-state index contributed by atoms with van der Waals surface area (Å²) in [6.07, 6.45) is 1.16. The maximum atomic E-state index is 7.12. The highest BCUT2D eigenvalue weighted by molar-refractivity contribution is 5.90. The second-order valence-electron chi connectivity index (χ2n) is 2.67. The molecule has 0 fully saturated rings. The largest absolute Gasteiger partial charge is 0.369 e. The zero-order valence-corrected chi connectivity index (χ0v) is 8.05. The average molecular weight is 168 g/mol. The standard InChI is InChI=1S/C8H16N4/c1-6(2)7(3)12(5-9)8(10)11-4/h5,9H,1-4H3,(H2,10,11). The fraction of sp³-hybridized carbons (Fsp3) is 0.500. The molecule has 0 saturated heterocycles. The summed E-state index contributed by atoms with van der Waals surface area (Å²) in [7, 11) is 1.60. The minimum absolute atomic E-state index is 0.337. The average Bonchev–Trinajstić information content (AvgIpc) is 2.05. The molecule has 0 radical (unpaired) electrons. The number of hydrogen-bond acceptors (Lipinski definition) is 2. The van der Waals surface area contributed by atoms with Crippen LogP contribution in [0.5, 0.6) is 0 Å². The second kappa shape index (κ2) is 4.54. The van der Waals surface area contributed by atoms with Crippen LogP contribution in [0.25, 0.3) is 0 Å². The van der Waals surface area contributed by atoms with Gasteiger partial charge in [-0.1, -0.05) is 5.57 Å². The molecule has 0 atom stereocenters. The van der Waals surface area contributed by atoms with Crippen molar-refractivity contribution in [1.82, 2.24) is 4.90 Å². The highest BCUT2D eigenvalue weighted by Crippen LogP contribution is 2.06. The van der Waals surface area contributed by atoms with E-state index >= 15 is 0 Å². The Labute approximate surface area is 73.3 Å². The Balaban J connectivity index is 4.82. The maximum Gasteiger partial charge on any atom is 0.200 e. The molecule has 0 aliphatic carbocycles. The van der Waals surface area contributed by atoms with Crippen molar-refractivity contribution in [3.8, 4) is 0 Å². The van der Waals surface area contributed by atoms with Crippen molar-refractivity contribution in [2.45, 2.75) is 20.8 Å². The quantitative estimate of drug-likeness (QED) is 0.480. The van der Waals surface area contributed by atoms with Crippen LogP contribution in [-0.2, 0) is 0 Å². The molecule has 0 heterocycles. The van der Waals surface area contributed by atoms with Crippen molar-refractivity contribution in [1.29, 1.82) is 5.41 Å². The predicted octanol–water partition coefficient (Wildman–Crippen LogP) is 1.15. The van der Waals surface area contributed by atoms with Crippen LogP contribution in [-0.4, -0.2) is 24.2 Å². The van der Waals surface area contributed by atoms with E-state index in [0.29, 0.717) is 5.96 Å². The number of rotatable bonds is 2. The van der Waals surface area contributed by atoms with E-state index in [1.165, 1.54) is 4.90 Å². The number of hydrogen-bond donors (Lipinski definition) is 2. The smallest absolute Gasteiger partial charge is 0.200 e. The molecule has 0 aromatic rings. The molecule has 0 amide bonds. The molecular formula is C8H16N4. The van der Waals surface area contributed by atoms with Gasteiger partial charge in [0.25, 0.3) is 0 Å². The van der Waals surface area contributed by atoms with Crippen molar-refractivity contribution in [3.05, 3.63) is 11.3 Å². The van der Waals surface area contributed by atoms with Crippen molar-refractivity contribution >= 4 is 12.3 Å². The maximum absolute atomic E-state index is 7.12. The van der Waals surface area contributed by atoms with Gasteiger partial charge in [-0.15, -0.1) is 0 Å². The molecule has 4 nitrogen and oxygen atoms in total. The lowest BCUT2D eigenvalue weighted by molar-refractivity contribution is 0.738. The van der Waals surface area contributed by atoms with E-state index < -0.39 is 0 Å². The van der Waals surface area contributed by atoms with Gasteiger partial charge in [-0.05, 0) is 20.8 Å². The fourth-order valence-corrected chi connectivity index (χ4v) is 0.683. The molecule has 0 rings (SSSR count). The van der Waals surface area contributed by atoms with Gasteiger partial charge < -0.3 is 5.73 Å². The number of guanidine groups is 1. The molecule has 0 unspecified atom stereocenters. The number of aliphatic imine (C=N–C) groups is 1. The predicted molar refractivity (Wildman–Crippen MR) is 52.2 cm³/mol. The third kappa shape index (κ3) is 2.38. The van der Waals surface area contributed by atoms with E-state index in [4.69, 9.17) is 11.1 Å². The Morgan fingerprint density at radius 1 is 1.42 bits per heavy atom. The zero-order valence-electron chi connectivity index (χ0n) is 8.05. The summed E-state index contributed by atoms with van der Waals surface area (Å²) in [5.41, 5.74) is 7.61. The molecule has 68 valence electrons. The van der Waals surface area contributed by atoms with Crippen molar-refractivity contribution in [3.63, 3.8) is 0 Å². The van der Waals surface area contributed by atoms with E-state index in [9.17, 15) is 0 Å². The SMILES string of the molecule is CN=C(N)N(C=N)C(C)=C(C)C. The van der Waals surface area contributed by atoms with Crippen LogP contribution >= 0.6 is 0 Å². The van der Waals surface area contributed by atoms with Gasteiger partial charge in [0.15, 0.2) is 0 Å². The van der Waals surface area contributed by atoms with Gasteiger partial charge in [0.05, 0.1) is 6.34 Å². The molecule has 4 heteroatoms. The summed E-state index contributed by atoms with van der Waals surface area (Å²) >= 11 is 0. The van der Waals surface area contributed by atoms with E-state index in [0.717, 1.165) is 17.6 Å². The molecule has 3 N–H and O–H groups in total.